The Hall–Kier alpha value is -3.35. The van der Waals surface area contributed by atoms with Crippen LogP contribution in [0, 0.1) is 0 Å². The van der Waals surface area contributed by atoms with Gasteiger partial charge in [-0.2, -0.15) is 5.10 Å². The zero-order chi connectivity index (χ0) is 19.8. The molecule has 7 nitrogen and oxygen atoms in total. The third kappa shape index (κ3) is 5.31. The quantitative estimate of drug-likeness (QED) is 0.601. The lowest BCUT2D eigenvalue weighted by atomic mass is 10.2. The third-order valence-electron chi connectivity index (χ3n) is 3.93. The number of hydrogen-bond acceptors (Lipinski definition) is 5. The van der Waals surface area contributed by atoms with Gasteiger partial charge in [0.15, 0.2) is 0 Å². The Morgan fingerprint density at radius 3 is 2.41 bits per heavy atom. The molecule has 0 aliphatic heterocycles. The Morgan fingerprint density at radius 1 is 1.07 bits per heavy atom. The molecule has 0 saturated carbocycles. The van der Waals surface area contributed by atoms with Crippen molar-refractivity contribution in [3.8, 4) is 11.5 Å². The molecule has 0 atom stereocenters. The lowest BCUT2D eigenvalue weighted by Crippen LogP contribution is -2.28. The van der Waals surface area contributed by atoms with Crippen molar-refractivity contribution in [2.75, 3.05) is 26.2 Å². The van der Waals surface area contributed by atoms with Crippen molar-refractivity contribution >= 4 is 23.2 Å². The van der Waals surface area contributed by atoms with E-state index in [1.165, 1.54) is 14.2 Å². The van der Waals surface area contributed by atoms with Crippen LogP contribution < -0.4 is 19.8 Å². The second-order valence-corrected chi connectivity index (χ2v) is 5.82. The van der Waals surface area contributed by atoms with Crippen LogP contribution in [0.4, 0.5) is 5.69 Å². The van der Waals surface area contributed by atoms with Crippen molar-refractivity contribution in [2.45, 2.75) is 13.3 Å². The minimum absolute atomic E-state index is 0.0887. The smallest absolute Gasteiger partial charge is 0.275 e. The van der Waals surface area contributed by atoms with Crippen molar-refractivity contribution in [2.24, 2.45) is 5.10 Å². The van der Waals surface area contributed by atoms with E-state index in [2.05, 4.69) is 10.5 Å². The van der Waals surface area contributed by atoms with Crippen LogP contribution in [-0.2, 0) is 4.79 Å². The maximum Gasteiger partial charge on any atom is 0.275 e. The van der Waals surface area contributed by atoms with Crippen LogP contribution in [0.1, 0.15) is 23.7 Å². The molecule has 0 aliphatic rings. The minimum Gasteiger partial charge on any atom is -0.497 e. The number of para-hydroxylation sites is 1. The highest BCUT2D eigenvalue weighted by Gasteiger charge is 2.14. The number of rotatable bonds is 7. The normalized spacial score (nSPS) is 10.9. The van der Waals surface area contributed by atoms with Crippen LogP contribution in [0.5, 0.6) is 11.5 Å². The Bertz CT molecular complexity index is 834. The van der Waals surface area contributed by atoms with Gasteiger partial charge in [-0.3, -0.25) is 9.59 Å². The first-order chi connectivity index (χ1) is 13.0. The van der Waals surface area contributed by atoms with E-state index in [0.717, 1.165) is 5.69 Å². The maximum atomic E-state index is 12.3. The van der Waals surface area contributed by atoms with Crippen LogP contribution in [0.25, 0.3) is 0 Å². The number of amides is 2. The summed E-state index contributed by atoms with van der Waals surface area (Å²) < 4.78 is 10.3. The van der Waals surface area contributed by atoms with Gasteiger partial charge in [-0.15, -0.1) is 0 Å². The fourth-order valence-electron chi connectivity index (χ4n) is 2.37. The molecule has 0 aromatic heterocycles. The van der Waals surface area contributed by atoms with E-state index < -0.39 is 5.91 Å². The second-order valence-electron chi connectivity index (χ2n) is 5.82. The summed E-state index contributed by atoms with van der Waals surface area (Å²) in [7, 11) is 4.70. The SMILES string of the molecule is COc1ccc(C(=O)NN=C(C)CC(=O)N(C)c2ccccc2)c(OC)c1. The number of hydrazone groups is 1. The zero-order valence-electron chi connectivity index (χ0n) is 15.9. The van der Waals surface area contributed by atoms with Gasteiger partial charge in [0.05, 0.1) is 26.2 Å². The molecule has 1 N–H and O–H groups in total. The molecule has 0 bridgehead atoms. The average molecular weight is 369 g/mol. The van der Waals surface area contributed by atoms with Crippen LogP contribution in [0.15, 0.2) is 53.6 Å². The molecule has 27 heavy (non-hydrogen) atoms. The Kier molecular flexibility index (Phi) is 6.93. The Labute approximate surface area is 158 Å². The molecule has 0 fully saturated rings. The van der Waals surface area contributed by atoms with Crippen molar-refractivity contribution in [1.82, 2.24) is 5.43 Å². The fraction of sp³-hybridized carbons (Fsp3) is 0.250. The molecule has 0 heterocycles. The first-order valence-electron chi connectivity index (χ1n) is 8.33. The molecule has 2 rings (SSSR count). The zero-order valence-corrected chi connectivity index (χ0v) is 15.9. The van der Waals surface area contributed by atoms with E-state index in [1.807, 2.05) is 30.3 Å². The maximum absolute atomic E-state index is 12.3. The predicted octanol–water partition coefficient (Wildman–Crippen LogP) is 2.86. The molecular formula is C20H23N3O4. The van der Waals surface area contributed by atoms with E-state index in [1.54, 1.807) is 37.1 Å². The second kappa shape index (κ2) is 9.38. The third-order valence-corrected chi connectivity index (χ3v) is 3.93. The van der Waals surface area contributed by atoms with Gasteiger partial charge in [0, 0.05) is 24.5 Å². The van der Waals surface area contributed by atoms with Crippen LogP contribution in [0.3, 0.4) is 0 Å². The molecule has 0 radical (unpaired) electrons. The summed E-state index contributed by atoms with van der Waals surface area (Å²) >= 11 is 0. The van der Waals surface area contributed by atoms with Gasteiger partial charge in [-0.1, -0.05) is 18.2 Å². The number of methoxy groups -OCH3 is 2. The highest BCUT2D eigenvalue weighted by atomic mass is 16.5. The van der Waals surface area contributed by atoms with Gasteiger partial charge in [0.25, 0.3) is 5.91 Å². The highest BCUT2D eigenvalue weighted by molar-refractivity contribution is 6.07. The number of benzene rings is 2. The van der Waals surface area contributed by atoms with E-state index in [0.29, 0.717) is 22.8 Å². The van der Waals surface area contributed by atoms with E-state index >= 15 is 0 Å². The monoisotopic (exact) mass is 369 g/mol. The summed E-state index contributed by atoms with van der Waals surface area (Å²) in [6.45, 7) is 1.68. The van der Waals surface area contributed by atoms with Crippen LogP contribution in [0.2, 0.25) is 0 Å². The van der Waals surface area contributed by atoms with Gasteiger partial charge in [-0.25, -0.2) is 5.43 Å². The first kappa shape index (κ1) is 20.0. The van der Waals surface area contributed by atoms with Gasteiger partial charge in [0.1, 0.15) is 11.5 Å². The largest absolute Gasteiger partial charge is 0.497 e. The van der Waals surface area contributed by atoms with Gasteiger partial charge in [-0.05, 0) is 31.2 Å². The molecule has 0 unspecified atom stereocenters. The van der Waals surface area contributed by atoms with Gasteiger partial charge in [0.2, 0.25) is 5.91 Å². The lowest BCUT2D eigenvalue weighted by Gasteiger charge is -2.17. The van der Waals surface area contributed by atoms with Crippen molar-refractivity contribution in [3.63, 3.8) is 0 Å². The number of carbonyl (C=O) groups excluding carboxylic acids is 2. The molecule has 0 saturated heterocycles. The topological polar surface area (TPSA) is 80.2 Å². The molecule has 142 valence electrons. The number of ether oxygens (including phenoxy) is 2. The van der Waals surface area contributed by atoms with E-state index in [4.69, 9.17) is 9.47 Å². The Balaban J connectivity index is 2.00. The molecule has 2 amide bonds. The molecule has 0 spiro atoms. The minimum atomic E-state index is -0.433. The summed E-state index contributed by atoms with van der Waals surface area (Å²) in [5.74, 6) is 0.397. The first-order valence-corrected chi connectivity index (χ1v) is 8.33. The summed E-state index contributed by atoms with van der Waals surface area (Å²) in [5, 5.41) is 4.02. The van der Waals surface area contributed by atoms with Crippen LogP contribution >= 0.6 is 0 Å². The van der Waals surface area contributed by atoms with Crippen molar-refractivity contribution in [3.05, 3.63) is 54.1 Å². The van der Waals surface area contributed by atoms with Gasteiger partial charge < -0.3 is 14.4 Å². The molecule has 7 heteroatoms. The molecule has 2 aromatic rings. The summed E-state index contributed by atoms with van der Waals surface area (Å²) in [6.07, 6.45) is 0.0887. The number of carbonyl (C=O) groups is 2. The number of nitrogens with zero attached hydrogens (tertiary/aromatic N) is 2. The summed E-state index contributed by atoms with van der Waals surface area (Å²) in [4.78, 5) is 26.2. The average Bonchev–Trinajstić information content (AvgIpc) is 2.71. The van der Waals surface area contributed by atoms with E-state index in [9.17, 15) is 9.59 Å². The van der Waals surface area contributed by atoms with Crippen LogP contribution in [-0.4, -0.2) is 38.8 Å². The predicted molar refractivity (Wildman–Crippen MR) is 105 cm³/mol. The lowest BCUT2D eigenvalue weighted by molar-refractivity contribution is -0.117. The summed E-state index contributed by atoms with van der Waals surface area (Å²) in [6, 6.07) is 14.2. The van der Waals surface area contributed by atoms with E-state index in [-0.39, 0.29) is 12.3 Å². The molecule has 0 aliphatic carbocycles. The highest BCUT2D eigenvalue weighted by Crippen LogP contribution is 2.24. The number of anilines is 1. The number of nitrogens with one attached hydrogen (secondary N) is 1. The Morgan fingerprint density at radius 2 is 1.78 bits per heavy atom. The fourth-order valence-corrected chi connectivity index (χ4v) is 2.37. The molecule has 2 aromatic carbocycles. The van der Waals surface area contributed by atoms with Crippen molar-refractivity contribution < 1.29 is 19.1 Å². The summed E-state index contributed by atoms with van der Waals surface area (Å²) in [5.41, 5.74) is 4.06. The number of hydrogen-bond donors (Lipinski definition) is 1. The molecular weight excluding hydrogens is 346 g/mol. The standard InChI is InChI=1S/C20H23N3O4/c1-14(12-19(24)23(2)15-8-6-5-7-9-15)21-22-20(25)17-11-10-16(26-3)13-18(17)27-4/h5-11,13H,12H2,1-4H3,(H,22,25). The van der Waals surface area contributed by atoms with Crippen molar-refractivity contribution in [1.29, 1.82) is 0 Å². The van der Waals surface area contributed by atoms with Gasteiger partial charge >= 0.3 is 0 Å².